The van der Waals surface area contributed by atoms with E-state index < -0.39 is 10.4 Å². The number of aryl methyl sites for hydroxylation is 2. The Kier molecular flexibility index (Phi) is 13.0. The molecule has 1 aromatic heterocycles. The second-order valence-electron chi connectivity index (χ2n) is 5.69. The van der Waals surface area contributed by atoms with Gasteiger partial charge in [-0.1, -0.05) is 52.4 Å². The van der Waals surface area contributed by atoms with Gasteiger partial charge in [0.1, 0.15) is 12.4 Å². The SMILES string of the molecule is CCCCCCCCOS(=O)(=O)O.CCCCn1cc[n+](C)c1. The van der Waals surface area contributed by atoms with Gasteiger partial charge in [0.05, 0.1) is 20.2 Å². The summed E-state index contributed by atoms with van der Waals surface area (Å²) in [5.41, 5.74) is 0. The van der Waals surface area contributed by atoms with Gasteiger partial charge >= 0.3 is 10.4 Å². The Morgan fingerprint density at radius 2 is 1.65 bits per heavy atom. The zero-order valence-electron chi connectivity index (χ0n) is 14.8. The molecule has 1 rings (SSSR count). The Hall–Kier alpha value is -0.920. The van der Waals surface area contributed by atoms with Gasteiger partial charge in [0.2, 0.25) is 6.33 Å². The van der Waals surface area contributed by atoms with Crippen molar-refractivity contribution in [2.75, 3.05) is 6.61 Å². The van der Waals surface area contributed by atoms with Crippen LogP contribution in [0.5, 0.6) is 0 Å². The highest BCUT2D eigenvalue weighted by atomic mass is 32.3. The molecular weight excluding hydrogens is 316 g/mol. The molecule has 0 amide bonds. The highest BCUT2D eigenvalue weighted by Gasteiger charge is 2.02. The molecule has 0 radical (unpaired) electrons. The van der Waals surface area contributed by atoms with E-state index in [0.29, 0.717) is 6.42 Å². The quantitative estimate of drug-likeness (QED) is 0.378. The predicted molar refractivity (Wildman–Crippen MR) is 91.4 cm³/mol. The molecule has 6 nitrogen and oxygen atoms in total. The van der Waals surface area contributed by atoms with E-state index in [1.54, 1.807) is 0 Å². The molecule has 1 aromatic rings. The third-order valence-corrected chi connectivity index (χ3v) is 3.79. The fourth-order valence-corrected chi connectivity index (χ4v) is 2.35. The molecule has 0 aliphatic rings. The largest absolute Gasteiger partial charge is 0.397 e. The van der Waals surface area contributed by atoms with Crippen molar-refractivity contribution in [1.82, 2.24) is 4.57 Å². The Bertz CT molecular complexity index is 486. The second-order valence-corrected chi connectivity index (χ2v) is 6.78. The number of aromatic nitrogens is 2. The fraction of sp³-hybridized carbons (Fsp3) is 0.812. The average Bonchev–Trinajstić information content (AvgIpc) is 2.89. The van der Waals surface area contributed by atoms with E-state index in [1.807, 2.05) is 7.05 Å². The number of imidazole rings is 1. The lowest BCUT2D eigenvalue weighted by Gasteiger charge is -2.00. The van der Waals surface area contributed by atoms with E-state index in [4.69, 9.17) is 4.55 Å². The van der Waals surface area contributed by atoms with Crippen LogP contribution in [0.4, 0.5) is 0 Å². The molecule has 0 spiro atoms. The van der Waals surface area contributed by atoms with Gasteiger partial charge in [-0.15, -0.1) is 0 Å². The van der Waals surface area contributed by atoms with Gasteiger partial charge in [0.25, 0.3) is 0 Å². The van der Waals surface area contributed by atoms with Crippen LogP contribution in [-0.2, 0) is 28.2 Å². The topological polar surface area (TPSA) is 72.4 Å². The van der Waals surface area contributed by atoms with E-state index in [9.17, 15) is 8.42 Å². The van der Waals surface area contributed by atoms with Crippen molar-refractivity contribution >= 4 is 10.4 Å². The molecule has 0 bridgehead atoms. The lowest BCUT2D eigenvalue weighted by molar-refractivity contribution is -0.671. The first-order chi connectivity index (χ1) is 10.9. The first kappa shape index (κ1) is 22.1. The van der Waals surface area contributed by atoms with Gasteiger partial charge in [-0.25, -0.2) is 13.3 Å². The maximum atomic E-state index is 10.1. The van der Waals surface area contributed by atoms with Gasteiger partial charge in [-0.05, 0) is 12.8 Å². The molecule has 7 heteroatoms. The number of hydrogen-bond donors (Lipinski definition) is 1. The molecule has 1 N–H and O–H groups in total. The minimum Gasteiger partial charge on any atom is -0.264 e. The zero-order chi connectivity index (χ0) is 17.6. The second kappa shape index (κ2) is 13.5. The fourth-order valence-electron chi connectivity index (χ4n) is 2.02. The normalized spacial score (nSPS) is 11.1. The average molecular weight is 350 g/mol. The Balaban J connectivity index is 0.000000433. The summed E-state index contributed by atoms with van der Waals surface area (Å²) >= 11 is 0. The van der Waals surface area contributed by atoms with E-state index in [-0.39, 0.29) is 6.61 Å². The lowest BCUT2D eigenvalue weighted by atomic mass is 10.1. The summed E-state index contributed by atoms with van der Waals surface area (Å²) in [5, 5.41) is 0. The zero-order valence-corrected chi connectivity index (χ0v) is 15.6. The molecule has 0 atom stereocenters. The van der Waals surface area contributed by atoms with Crippen molar-refractivity contribution in [2.45, 2.75) is 71.8 Å². The summed E-state index contributed by atoms with van der Waals surface area (Å²) < 4.78 is 36.8. The molecule has 0 fully saturated rings. The maximum absolute atomic E-state index is 10.1. The van der Waals surface area contributed by atoms with E-state index in [1.165, 1.54) is 32.1 Å². The van der Waals surface area contributed by atoms with Crippen LogP contribution in [-0.4, -0.2) is 24.1 Å². The third-order valence-electron chi connectivity index (χ3n) is 3.32. The minimum atomic E-state index is -4.22. The smallest absolute Gasteiger partial charge is 0.264 e. The highest BCUT2D eigenvalue weighted by molar-refractivity contribution is 7.80. The van der Waals surface area contributed by atoms with E-state index in [2.05, 4.69) is 45.9 Å². The summed E-state index contributed by atoms with van der Waals surface area (Å²) in [5.74, 6) is 0. The van der Waals surface area contributed by atoms with E-state index in [0.717, 1.165) is 19.4 Å². The summed E-state index contributed by atoms with van der Waals surface area (Å²) in [4.78, 5) is 0. The minimum absolute atomic E-state index is 0.0883. The van der Waals surface area contributed by atoms with Gasteiger partial charge in [-0.3, -0.25) is 4.55 Å². The van der Waals surface area contributed by atoms with Crippen LogP contribution in [0.25, 0.3) is 0 Å². The molecule has 0 aromatic carbocycles. The molecule has 0 unspecified atom stereocenters. The van der Waals surface area contributed by atoms with Crippen molar-refractivity contribution in [1.29, 1.82) is 0 Å². The summed E-state index contributed by atoms with van der Waals surface area (Å²) in [6.07, 6.45) is 15.2. The first-order valence-corrected chi connectivity index (χ1v) is 9.88. The molecule has 1 heterocycles. The van der Waals surface area contributed by atoms with Crippen LogP contribution in [0.3, 0.4) is 0 Å². The standard InChI is InChI=1S/C8H15N2.C8H18O4S/c1-3-4-5-10-7-6-9(2)8-10;1-2-3-4-5-6-7-8-12-13(9,10)11/h6-8H,3-5H2,1-2H3;2-8H2,1H3,(H,9,10,11)/q+1;. The van der Waals surface area contributed by atoms with Gasteiger partial charge < -0.3 is 0 Å². The van der Waals surface area contributed by atoms with Gasteiger partial charge in [0, 0.05) is 0 Å². The van der Waals surface area contributed by atoms with Crippen LogP contribution in [0.1, 0.15) is 65.2 Å². The maximum Gasteiger partial charge on any atom is 0.397 e. The van der Waals surface area contributed by atoms with Crippen LogP contribution in [0, 0.1) is 0 Å². The molecule has 0 saturated heterocycles. The Morgan fingerprint density at radius 3 is 2.17 bits per heavy atom. The molecule has 0 saturated carbocycles. The summed E-state index contributed by atoms with van der Waals surface area (Å²) in [6.45, 7) is 5.59. The summed E-state index contributed by atoms with van der Waals surface area (Å²) in [7, 11) is -2.18. The van der Waals surface area contributed by atoms with Crippen molar-refractivity contribution in [2.24, 2.45) is 7.05 Å². The van der Waals surface area contributed by atoms with Crippen molar-refractivity contribution in [3.63, 3.8) is 0 Å². The first-order valence-electron chi connectivity index (χ1n) is 8.52. The molecular formula is C16H33N2O4S+. The van der Waals surface area contributed by atoms with Crippen LogP contribution in [0.2, 0.25) is 0 Å². The van der Waals surface area contributed by atoms with Crippen LogP contribution >= 0.6 is 0 Å². The van der Waals surface area contributed by atoms with Crippen molar-refractivity contribution in [3.8, 4) is 0 Å². The monoisotopic (exact) mass is 349 g/mol. The van der Waals surface area contributed by atoms with Crippen LogP contribution < -0.4 is 4.57 Å². The third kappa shape index (κ3) is 15.7. The Morgan fingerprint density at radius 1 is 1.04 bits per heavy atom. The summed E-state index contributed by atoms with van der Waals surface area (Å²) in [6, 6.07) is 0. The number of rotatable bonds is 11. The van der Waals surface area contributed by atoms with Crippen LogP contribution in [0.15, 0.2) is 18.7 Å². The lowest BCUT2D eigenvalue weighted by Crippen LogP contribution is -2.23. The van der Waals surface area contributed by atoms with Gasteiger partial charge in [0.15, 0.2) is 0 Å². The molecule has 0 aliphatic carbocycles. The molecule has 136 valence electrons. The number of unbranched alkanes of at least 4 members (excludes halogenated alkanes) is 6. The number of hydrogen-bond acceptors (Lipinski definition) is 3. The number of nitrogens with zero attached hydrogens (tertiary/aromatic N) is 2. The molecule has 0 aliphatic heterocycles. The predicted octanol–water partition coefficient (Wildman–Crippen LogP) is 3.28. The van der Waals surface area contributed by atoms with Crippen molar-refractivity contribution < 1.29 is 21.7 Å². The molecule has 23 heavy (non-hydrogen) atoms. The van der Waals surface area contributed by atoms with Gasteiger partial charge in [-0.2, -0.15) is 8.42 Å². The van der Waals surface area contributed by atoms with Crippen molar-refractivity contribution in [3.05, 3.63) is 18.7 Å². The Labute approximate surface area is 141 Å². The highest BCUT2D eigenvalue weighted by Crippen LogP contribution is 2.05. The van der Waals surface area contributed by atoms with E-state index >= 15 is 0 Å².